The number of hydrogen-bond donors (Lipinski definition) is 0. The van der Waals surface area contributed by atoms with Crippen LogP contribution in [0.4, 0.5) is 5.82 Å². The van der Waals surface area contributed by atoms with E-state index in [0.29, 0.717) is 17.5 Å². The zero-order valence-corrected chi connectivity index (χ0v) is 19.0. The Bertz CT molecular complexity index is 1040. The van der Waals surface area contributed by atoms with Gasteiger partial charge >= 0.3 is 0 Å². The van der Waals surface area contributed by atoms with Crippen molar-refractivity contribution in [1.82, 2.24) is 19.9 Å². The summed E-state index contributed by atoms with van der Waals surface area (Å²) in [6.45, 7) is 3.85. The van der Waals surface area contributed by atoms with Crippen molar-refractivity contribution in [2.75, 3.05) is 38.8 Å². The van der Waals surface area contributed by atoms with E-state index < -0.39 is 0 Å². The van der Waals surface area contributed by atoms with Gasteiger partial charge in [-0.1, -0.05) is 6.42 Å². The van der Waals surface area contributed by atoms with Crippen LogP contribution in [0.25, 0.3) is 10.9 Å². The number of ether oxygens (including phenoxy) is 2. The third kappa shape index (κ3) is 4.06. The van der Waals surface area contributed by atoms with Crippen LogP contribution in [0.15, 0.2) is 23.7 Å². The Balaban J connectivity index is 1.55. The summed E-state index contributed by atoms with van der Waals surface area (Å²) < 4.78 is 11.1. The normalized spacial score (nSPS) is 19.8. The maximum atomic E-state index is 5.56. The smallest absolute Gasteiger partial charge is 0.162 e. The third-order valence-corrected chi connectivity index (χ3v) is 7.20. The molecule has 5 rings (SSSR count). The molecule has 164 valence electrons. The second kappa shape index (κ2) is 8.96. The maximum Gasteiger partial charge on any atom is 0.162 e. The van der Waals surface area contributed by atoms with Crippen LogP contribution in [-0.2, 0) is 6.54 Å². The first-order valence-electron chi connectivity index (χ1n) is 11.1. The molecule has 0 radical (unpaired) electrons. The minimum absolute atomic E-state index is 0.355. The molecule has 0 N–H and O–H groups in total. The van der Waals surface area contributed by atoms with Gasteiger partial charge in [-0.2, -0.15) is 0 Å². The molecule has 2 aliphatic rings. The van der Waals surface area contributed by atoms with Gasteiger partial charge in [0.1, 0.15) is 16.6 Å². The van der Waals surface area contributed by atoms with Crippen molar-refractivity contribution in [1.29, 1.82) is 0 Å². The fraction of sp³-hybridized carbons (Fsp3) is 0.522. The summed E-state index contributed by atoms with van der Waals surface area (Å²) in [6, 6.07) is 4.35. The number of thiazole rings is 1. The summed E-state index contributed by atoms with van der Waals surface area (Å²) in [5.41, 5.74) is 0.910. The van der Waals surface area contributed by atoms with Gasteiger partial charge in [-0.3, -0.25) is 4.90 Å². The third-order valence-electron chi connectivity index (χ3n) is 6.33. The highest BCUT2D eigenvalue weighted by Gasteiger charge is 2.28. The van der Waals surface area contributed by atoms with Crippen LogP contribution in [0.3, 0.4) is 0 Å². The molecule has 7 nitrogen and oxygen atoms in total. The molecule has 2 fully saturated rings. The van der Waals surface area contributed by atoms with E-state index in [0.717, 1.165) is 55.1 Å². The number of hydrogen-bond acceptors (Lipinski definition) is 8. The minimum atomic E-state index is 0.355. The quantitative estimate of drug-likeness (QED) is 0.563. The molecule has 0 saturated carbocycles. The number of likely N-dealkylation sites (tertiary alicyclic amines) is 1. The van der Waals surface area contributed by atoms with Crippen molar-refractivity contribution in [2.24, 2.45) is 0 Å². The second-order valence-corrected chi connectivity index (χ2v) is 9.16. The zero-order chi connectivity index (χ0) is 21.2. The van der Waals surface area contributed by atoms with E-state index in [1.807, 2.05) is 18.3 Å². The van der Waals surface area contributed by atoms with Gasteiger partial charge in [0, 0.05) is 36.1 Å². The Kier molecular flexibility index (Phi) is 5.91. The predicted octanol–water partition coefficient (Wildman–Crippen LogP) is 4.43. The van der Waals surface area contributed by atoms with Gasteiger partial charge in [0.25, 0.3) is 0 Å². The molecule has 2 aromatic heterocycles. The topological polar surface area (TPSA) is 63.6 Å². The Morgan fingerprint density at radius 1 is 1.00 bits per heavy atom. The zero-order valence-electron chi connectivity index (χ0n) is 18.2. The molecule has 31 heavy (non-hydrogen) atoms. The number of aromatic nitrogens is 3. The van der Waals surface area contributed by atoms with Crippen LogP contribution in [0.1, 0.15) is 49.0 Å². The number of rotatable bonds is 6. The number of anilines is 1. The number of piperidine rings is 1. The fourth-order valence-electron chi connectivity index (χ4n) is 4.77. The summed E-state index contributed by atoms with van der Waals surface area (Å²) in [5.74, 6) is 3.30. The molecule has 8 heteroatoms. The van der Waals surface area contributed by atoms with Crippen molar-refractivity contribution in [3.8, 4) is 11.5 Å². The lowest BCUT2D eigenvalue weighted by atomic mass is 10.0. The molecular weight excluding hydrogens is 410 g/mol. The monoisotopic (exact) mass is 439 g/mol. The molecular formula is C23H29N5O2S. The molecule has 0 spiro atoms. The van der Waals surface area contributed by atoms with E-state index in [1.165, 1.54) is 30.7 Å². The van der Waals surface area contributed by atoms with E-state index >= 15 is 0 Å². The summed E-state index contributed by atoms with van der Waals surface area (Å²) >= 11 is 1.75. The van der Waals surface area contributed by atoms with E-state index in [4.69, 9.17) is 19.4 Å². The van der Waals surface area contributed by atoms with E-state index in [2.05, 4.69) is 20.2 Å². The largest absolute Gasteiger partial charge is 0.493 e. The highest BCUT2D eigenvalue weighted by molar-refractivity contribution is 7.09. The first-order valence-corrected chi connectivity index (χ1v) is 12.0. The molecule has 3 aromatic rings. The Hall–Kier alpha value is -2.45. The fourth-order valence-corrected chi connectivity index (χ4v) is 5.57. The summed E-state index contributed by atoms with van der Waals surface area (Å²) in [5, 5.41) is 4.30. The molecule has 4 heterocycles. The van der Waals surface area contributed by atoms with Crippen LogP contribution in [0.5, 0.6) is 11.5 Å². The van der Waals surface area contributed by atoms with Gasteiger partial charge in [0.15, 0.2) is 11.5 Å². The van der Waals surface area contributed by atoms with Crippen molar-refractivity contribution in [3.05, 3.63) is 34.5 Å². The number of benzene rings is 1. The number of fused-ring (bicyclic) bond motifs is 1. The first-order chi connectivity index (χ1) is 15.3. The van der Waals surface area contributed by atoms with Crippen LogP contribution >= 0.6 is 11.3 Å². The molecule has 1 atom stereocenters. The molecule has 2 aliphatic heterocycles. The summed E-state index contributed by atoms with van der Waals surface area (Å²) in [4.78, 5) is 19.5. The van der Waals surface area contributed by atoms with E-state index in [-0.39, 0.29) is 0 Å². The van der Waals surface area contributed by atoms with Crippen molar-refractivity contribution in [2.45, 2.75) is 44.7 Å². The van der Waals surface area contributed by atoms with Crippen LogP contribution in [-0.4, -0.2) is 53.7 Å². The lowest BCUT2D eigenvalue weighted by Gasteiger charge is -2.34. The molecule has 1 aromatic carbocycles. The highest BCUT2D eigenvalue weighted by atomic mass is 32.1. The van der Waals surface area contributed by atoms with Gasteiger partial charge in [0.2, 0.25) is 0 Å². The average molecular weight is 440 g/mol. The lowest BCUT2D eigenvalue weighted by Crippen LogP contribution is -2.33. The second-order valence-electron chi connectivity index (χ2n) is 8.23. The van der Waals surface area contributed by atoms with Crippen LogP contribution in [0, 0.1) is 0 Å². The number of methoxy groups -OCH3 is 2. The molecule has 0 bridgehead atoms. The average Bonchev–Trinajstić information content (AvgIpc) is 3.52. The Morgan fingerprint density at radius 2 is 1.77 bits per heavy atom. The predicted molar refractivity (Wildman–Crippen MR) is 123 cm³/mol. The highest BCUT2D eigenvalue weighted by Crippen LogP contribution is 2.37. The minimum Gasteiger partial charge on any atom is -0.493 e. The maximum absolute atomic E-state index is 5.56. The van der Waals surface area contributed by atoms with Gasteiger partial charge in [-0.15, -0.1) is 11.3 Å². The van der Waals surface area contributed by atoms with Gasteiger partial charge in [0.05, 0.1) is 32.3 Å². The molecule has 2 saturated heterocycles. The van der Waals surface area contributed by atoms with Crippen molar-refractivity contribution >= 4 is 28.1 Å². The molecule has 1 unspecified atom stereocenters. The standard InChI is InChI=1S/C23H29N5O2S/c1-29-19-13-16-17(14-20(19)30-2)25-21(26-22(16)27-9-5-6-10-27)15-28-11-4-3-7-18(28)23-24-8-12-31-23/h8,12-14,18H,3-7,9-11,15H2,1-2H3. The van der Waals surface area contributed by atoms with Crippen LogP contribution < -0.4 is 14.4 Å². The van der Waals surface area contributed by atoms with Gasteiger partial charge in [-0.05, 0) is 38.3 Å². The molecule has 0 aliphatic carbocycles. The summed E-state index contributed by atoms with van der Waals surface area (Å²) in [7, 11) is 3.34. The van der Waals surface area contributed by atoms with Crippen LogP contribution in [0.2, 0.25) is 0 Å². The van der Waals surface area contributed by atoms with Gasteiger partial charge < -0.3 is 14.4 Å². The Morgan fingerprint density at radius 3 is 2.52 bits per heavy atom. The first kappa shape index (κ1) is 20.5. The summed E-state index contributed by atoms with van der Waals surface area (Å²) in [6.07, 6.45) is 7.91. The van der Waals surface area contributed by atoms with E-state index in [1.54, 1.807) is 25.6 Å². The van der Waals surface area contributed by atoms with Crippen molar-refractivity contribution < 1.29 is 9.47 Å². The Labute approximate surface area is 187 Å². The lowest BCUT2D eigenvalue weighted by molar-refractivity contribution is 0.137. The van der Waals surface area contributed by atoms with E-state index in [9.17, 15) is 0 Å². The van der Waals surface area contributed by atoms with Crippen molar-refractivity contribution in [3.63, 3.8) is 0 Å². The SMILES string of the molecule is COc1cc2nc(CN3CCCCC3c3nccs3)nc(N3CCCC3)c2cc1OC. The van der Waals surface area contributed by atoms with Gasteiger partial charge in [-0.25, -0.2) is 15.0 Å². The number of nitrogens with zero attached hydrogens (tertiary/aromatic N) is 5. The molecule has 0 amide bonds.